The number of imidazole rings is 2. The van der Waals surface area contributed by atoms with Crippen LogP contribution in [0.25, 0.3) is 22.3 Å². The molecule has 1 aliphatic carbocycles. The quantitative estimate of drug-likeness (QED) is 0.111. The van der Waals surface area contributed by atoms with E-state index in [1.807, 2.05) is 78.2 Å². The van der Waals surface area contributed by atoms with Crippen molar-refractivity contribution in [2.24, 2.45) is 5.92 Å². The van der Waals surface area contributed by atoms with E-state index in [9.17, 15) is 19.2 Å². The average molecular weight is 881 g/mol. The fourth-order valence-corrected chi connectivity index (χ4v) is 9.67. The molecule has 2 aromatic heterocycles. The molecule has 3 fully saturated rings. The van der Waals surface area contributed by atoms with Crippen LogP contribution in [0, 0.1) is 17.8 Å². The summed E-state index contributed by atoms with van der Waals surface area (Å²) in [5.74, 6) is 7.76. The third kappa shape index (κ3) is 9.45. The lowest BCUT2D eigenvalue weighted by atomic mass is 9.99. The van der Waals surface area contributed by atoms with Gasteiger partial charge in [0.15, 0.2) is 0 Å². The molecule has 4 amide bonds. The highest BCUT2D eigenvalue weighted by atomic mass is 16.6. The zero-order valence-electron chi connectivity index (χ0n) is 37.2. The summed E-state index contributed by atoms with van der Waals surface area (Å²) in [7, 11) is 1.30. The molecule has 3 saturated heterocycles. The molecule has 4 atom stereocenters. The van der Waals surface area contributed by atoms with Gasteiger partial charge in [0.25, 0.3) is 5.91 Å². The first-order valence-electron chi connectivity index (χ1n) is 22.9. The molecule has 0 saturated carbocycles. The van der Waals surface area contributed by atoms with Crippen molar-refractivity contribution in [3.8, 4) is 23.1 Å². The van der Waals surface area contributed by atoms with Crippen molar-refractivity contribution in [2.75, 3.05) is 33.4 Å². The van der Waals surface area contributed by atoms with E-state index in [1.165, 1.54) is 12.7 Å². The van der Waals surface area contributed by atoms with Crippen molar-refractivity contribution in [2.45, 2.75) is 102 Å². The number of rotatable bonds is 9. The number of aromatic amines is 2. The number of alkyl carbamates (subject to hydrolysis) is 2. The second kappa shape index (κ2) is 19.2. The molecule has 9 rings (SSSR count). The van der Waals surface area contributed by atoms with Gasteiger partial charge in [0, 0.05) is 48.3 Å². The van der Waals surface area contributed by atoms with Gasteiger partial charge in [0.2, 0.25) is 5.91 Å². The Morgan fingerprint density at radius 2 is 1.46 bits per heavy atom. The van der Waals surface area contributed by atoms with Crippen molar-refractivity contribution >= 4 is 35.0 Å². The van der Waals surface area contributed by atoms with Crippen LogP contribution in [0.2, 0.25) is 0 Å². The van der Waals surface area contributed by atoms with Crippen LogP contribution >= 0.6 is 0 Å². The van der Waals surface area contributed by atoms with Gasteiger partial charge in [-0.25, -0.2) is 19.6 Å². The van der Waals surface area contributed by atoms with Crippen molar-refractivity contribution in [3.05, 3.63) is 106 Å². The number of likely N-dealkylation sites (tertiary alicyclic amines) is 2. The molecular weight excluding hydrogens is 825 g/mol. The molecule has 15 heteroatoms. The smallest absolute Gasteiger partial charge is 0.408 e. The normalized spacial score (nSPS) is 19.4. The first kappa shape index (κ1) is 43.6. The molecule has 0 spiro atoms. The molecule has 5 heterocycles. The summed E-state index contributed by atoms with van der Waals surface area (Å²) in [5.41, 5.74) is 8.26. The zero-order chi connectivity index (χ0) is 45.0. The molecule has 4 N–H and O–H groups in total. The molecule has 4 unspecified atom stereocenters. The molecule has 3 aliphatic heterocycles. The number of carbonyl (C=O) groups excluding carboxylic acids is 4. The Bertz CT molecular complexity index is 2620. The van der Waals surface area contributed by atoms with E-state index < -0.39 is 24.3 Å². The van der Waals surface area contributed by atoms with Crippen LogP contribution in [0.3, 0.4) is 0 Å². The third-order valence-electron chi connectivity index (χ3n) is 13.1. The Morgan fingerprint density at radius 1 is 0.769 bits per heavy atom. The highest BCUT2D eigenvalue weighted by molar-refractivity contribution is 5.88. The highest BCUT2D eigenvalue weighted by Crippen LogP contribution is 2.38. The fraction of sp³-hybridized carbons (Fsp3) is 0.440. The Balaban J connectivity index is 0.899. The van der Waals surface area contributed by atoms with Crippen molar-refractivity contribution in [1.29, 1.82) is 0 Å². The Labute approximate surface area is 378 Å². The molecular formula is C50H56N8O7. The van der Waals surface area contributed by atoms with Crippen LogP contribution in [0.4, 0.5) is 9.59 Å². The summed E-state index contributed by atoms with van der Waals surface area (Å²) < 4.78 is 15.9. The summed E-state index contributed by atoms with van der Waals surface area (Å²) in [4.78, 5) is 74.1. The van der Waals surface area contributed by atoms with Gasteiger partial charge in [-0.3, -0.25) is 9.59 Å². The summed E-state index contributed by atoms with van der Waals surface area (Å²) in [6, 6.07) is 19.4. The van der Waals surface area contributed by atoms with Crippen molar-refractivity contribution < 1.29 is 33.4 Å². The number of H-pyrrole nitrogens is 2. The van der Waals surface area contributed by atoms with E-state index in [0.29, 0.717) is 50.5 Å². The van der Waals surface area contributed by atoms with Gasteiger partial charge in [-0.15, -0.1) is 0 Å². The second-order valence-electron chi connectivity index (χ2n) is 17.7. The Morgan fingerprint density at radius 3 is 2.18 bits per heavy atom. The maximum Gasteiger partial charge on any atom is 0.408 e. The molecule has 15 nitrogen and oxygen atoms in total. The summed E-state index contributed by atoms with van der Waals surface area (Å²) in [6.45, 7) is 6.05. The van der Waals surface area contributed by atoms with Gasteiger partial charge in [-0.2, -0.15) is 0 Å². The molecule has 3 aromatic carbocycles. The molecule has 65 heavy (non-hydrogen) atoms. The predicted octanol–water partition coefficient (Wildman–Crippen LogP) is 7.20. The maximum atomic E-state index is 14.3. The van der Waals surface area contributed by atoms with Crippen LogP contribution in [0.15, 0.2) is 66.7 Å². The van der Waals surface area contributed by atoms with Crippen LogP contribution in [0.5, 0.6) is 0 Å². The third-order valence-corrected chi connectivity index (χ3v) is 13.1. The van der Waals surface area contributed by atoms with E-state index in [0.717, 1.165) is 89.9 Å². The SMILES string of the molecule is COC(=O)NC(C(=O)N1CCCC1c1nc2c([nH]1)CCCc1cc(C#Cc3ccc4nc(C5CCCN5C(=O)C(NC(=O)OC5CCOCC5)c5ccccc5)[nH]c4c3)ccc1-2)C(C)C. The van der Waals surface area contributed by atoms with Gasteiger partial charge in [0.05, 0.1) is 49.1 Å². The van der Waals surface area contributed by atoms with Crippen LogP contribution in [0.1, 0.15) is 117 Å². The number of nitrogens with one attached hydrogen (secondary N) is 4. The van der Waals surface area contributed by atoms with E-state index in [2.05, 4.69) is 44.6 Å². The number of benzene rings is 3. The van der Waals surface area contributed by atoms with Gasteiger partial charge in [-0.05, 0) is 92.3 Å². The van der Waals surface area contributed by atoms with Gasteiger partial charge >= 0.3 is 12.2 Å². The summed E-state index contributed by atoms with van der Waals surface area (Å²) in [5, 5.41) is 5.60. The minimum atomic E-state index is -0.913. The summed E-state index contributed by atoms with van der Waals surface area (Å²) in [6.07, 6.45) is 5.62. The highest BCUT2D eigenvalue weighted by Gasteiger charge is 2.39. The first-order chi connectivity index (χ1) is 31.6. The van der Waals surface area contributed by atoms with E-state index in [-0.39, 0.29) is 35.9 Å². The van der Waals surface area contributed by atoms with Crippen molar-refractivity contribution in [1.82, 2.24) is 40.4 Å². The van der Waals surface area contributed by atoms with Crippen LogP contribution < -0.4 is 10.6 Å². The number of fused-ring (bicyclic) bond motifs is 4. The zero-order valence-corrected chi connectivity index (χ0v) is 37.2. The van der Waals surface area contributed by atoms with Crippen LogP contribution in [-0.4, -0.2) is 99.3 Å². The lowest BCUT2D eigenvalue weighted by Gasteiger charge is -2.30. The number of amides is 4. The monoisotopic (exact) mass is 880 g/mol. The Hall–Kier alpha value is -6.66. The molecule has 0 radical (unpaired) electrons. The average Bonchev–Trinajstić information content (AvgIpc) is 4.15. The van der Waals surface area contributed by atoms with Gasteiger partial charge in [0.1, 0.15) is 29.8 Å². The van der Waals surface area contributed by atoms with E-state index in [4.69, 9.17) is 24.2 Å². The maximum absolute atomic E-state index is 14.3. The second-order valence-corrected chi connectivity index (χ2v) is 17.7. The molecule has 338 valence electrons. The number of hydrogen-bond acceptors (Lipinski definition) is 9. The number of aryl methyl sites for hydroxylation is 2. The van der Waals surface area contributed by atoms with E-state index >= 15 is 0 Å². The van der Waals surface area contributed by atoms with Gasteiger partial charge in [-0.1, -0.05) is 62.1 Å². The lowest BCUT2D eigenvalue weighted by Crippen LogP contribution is -2.51. The van der Waals surface area contributed by atoms with Crippen LogP contribution in [-0.2, 0) is 36.6 Å². The largest absolute Gasteiger partial charge is 0.453 e. The minimum Gasteiger partial charge on any atom is -0.453 e. The lowest BCUT2D eigenvalue weighted by molar-refractivity contribution is -0.136. The predicted molar refractivity (Wildman–Crippen MR) is 242 cm³/mol. The number of carbonyl (C=O) groups is 4. The Kier molecular flexibility index (Phi) is 12.9. The number of nitrogens with zero attached hydrogens (tertiary/aromatic N) is 4. The minimum absolute atomic E-state index is 0.111. The number of ether oxygens (including phenoxy) is 3. The van der Waals surface area contributed by atoms with Gasteiger partial charge < -0.3 is 44.6 Å². The molecule has 5 aromatic rings. The molecule has 0 bridgehead atoms. The summed E-state index contributed by atoms with van der Waals surface area (Å²) >= 11 is 0. The van der Waals surface area contributed by atoms with E-state index in [1.54, 1.807) is 0 Å². The van der Waals surface area contributed by atoms with Crippen molar-refractivity contribution in [3.63, 3.8) is 0 Å². The number of methoxy groups -OCH3 is 1. The molecule has 4 aliphatic rings. The topological polar surface area (TPSA) is 184 Å². The standard InChI is InChI=1S/C50H56N8O7/c1-30(2)42(55-49(61)63-3)47(59)57-24-9-15-41(57)46-52-38-13-7-12-34-28-31(18-20-36(34)44(38)54-46)16-17-32-19-21-37-39(29-32)53-45(51-37)40-14-8-25-58(40)48(60)43(33-10-5-4-6-11-33)56-50(62)65-35-22-26-64-27-23-35/h4-6,10-11,18-21,28-30,35,40-43H,7-9,12-15,22-27H2,1-3H3,(H,51,53)(H,52,54)(H,55,61)(H,56,62). The number of hydrogen-bond donors (Lipinski definition) is 4. The fourth-order valence-electron chi connectivity index (χ4n) is 9.67. The number of aromatic nitrogens is 4. The first-order valence-corrected chi connectivity index (χ1v) is 22.9.